The maximum atomic E-state index is 9.56. The molecule has 3 nitrogen and oxygen atoms in total. The summed E-state index contributed by atoms with van der Waals surface area (Å²) in [6.45, 7) is 2.55. The molecule has 1 heterocycles. The van der Waals surface area contributed by atoms with Crippen molar-refractivity contribution in [3.8, 4) is 5.75 Å². The minimum absolute atomic E-state index is 0.0726. The highest BCUT2D eigenvalue weighted by atomic mass is 35.5. The van der Waals surface area contributed by atoms with E-state index in [0.29, 0.717) is 23.0 Å². The van der Waals surface area contributed by atoms with Gasteiger partial charge in [-0.25, -0.2) is 4.99 Å². The molecule has 1 aliphatic rings. The van der Waals surface area contributed by atoms with Gasteiger partial charge in [0.15, 0.2) is 0 Å². The lowest BCUT2D eigenvalue weighted by Gasteiger charge is -2.07. The molecule has 0 aromatic heterocycles. The Bertz CT molecular complexity index is 390. The molecule has 0 radical (unpaired) electrons. The summed E-state index contributed by atoms with van der Waals surface area (Å²) in [7, 11) is 0. The number of hydrogen-bond acceptors (Lipinski definition) is 3. The van der Waals surface area contributed by atoms with Crippen LogP contribution in [0.15, 0.2) is 23.2 Å². The average Bonchev–Trinajstić information content (AvgIpc) is 2.56. The minimum Gasteiger partial charge on any atom is -0.507 e. The normalized spacial score (nSPS) is 20.4. The zero-order valence-electron chi connectivity index (χ0n) is 7.70. The first-order valence-electron chi connectivity index (χ1n) is 4.37. The quantitative estimate of drug-likeness (QED) is 0.774. The van der Waals surface area contributed by atoms with Gasteiger partial charge in [-0.1, -0.05) is 11.6 Å². The number of aliphatic imine (C=N–C) groups is 1. The first-order chi connectivity index (χ1) is 6.66. The first-order valence-corrected chi connectivity index (χ1v) is 4.74. The predicted molar refractivity (Wildman–Crippen MR) is 55.1 cm³/mol. The van der Waals surface area contributed by atoms with Crippen LogP contribution in [0.1, 0.15) is 12.5 Å². The summed E-state index contributed by atoms with van der Waals surface area (Å²) in [5.74, 6) is 0.611. The van der Waals surface area contributed by atoms with Crippen LogP contribution in [0.3, 0.4) is 0 Å². The van der Waals surface area contributed by atoms with Gasteiger partial charge in [-0.3, -0.25) is 0 Å². The van der Waals surface area contributed by atoms with Crippen LogP contribution < -0.4 is 0 Å². The minimum atomic E-state index is 0.0726. The average molecular weight is 212 g/mol. The van der Waals surface area contributed by atoms with Gasteiger partial charge in [0.2, 0.25) is 5.90 Å². The van der Waals surface area contributed by atoms with Crippen molar-refractivity contribution in [2.75, 3.05) is 6.54 Å². The molecular formula is C10H10ClNO2. The number of phenols is 1. The summed E-state index contributed by atoms with van der Waals surface area (Å²) in [4.78, 5) is 4.16. The van der Waals surface area contributed by atoms with E-state index in [1.807, 2.05) is 6.92 Å². The molecule has 4 heteroatoms. The molecule has 0 spiro atoms. The van der Waals surface area contributed by atoms with Crippen molar-refractivity contribution in [1.29, 1.82) is 0 Å². The Balaban J connectivity index is 2.36. The molecule has 1 unspecified atom stereocenters. The second-order valence-electron chi connectivity index (χ2n) is 3.24. The maximum absolute atomic E-state index is 9.56. The van der Waals surface area contributed by atoms with Crippen molar-refractivity contribution in [3.63, 3.8) is 0 Å². The highest BCUT2D eigenvalue weighted by Crippen LogP contribution is 2.24. The van der Waals surface area contributed by atoms with E-state index in [9.17, 15) is 5.11 Å². The first kappa shape index (κ1) is 9.34. The van der Waals surface area contributed by atoms with Crippen LogP contribution in [0.4, 0.5) is 0 Å². The zero-order chi connectivity index (χ0) is 10.1. The monoisotopic (exact) mass is 211 g/mol. The molecule has 2 rings (SSSR count). The van der Waals surface area contributed by atoms with Crippen LogP contribution >= 0.6 is 11.6 Å². The van der Waals surface area contributed by atoms with Gasteiger partial charge in [0.25, 0.3) is 0 Å². The summed E-state index contributed by atoms with van der Waals surface area (Å²) in [6, 6.07) is 4.81. The van der Waals surface area contributed by atoms with E-state index in [1.54, 1.807) is 12.1 Å². The van der Waals surface area contributed by atoms with Gasteiger partial charge in [0.1, 0.15) is 11.9 Å². The van der Waals surface area contributed by atoms with E-state index in [1.165, 1.54) is 6.07 Å². The van der Waals surface area contributed by atoms with Crippen LogP contribution in [-0.2, 0) is 4.74 Å². The lowest BCUT2D eigenvalue weighted by atomic mass is 10.2. The van der Waals surface area contributed by atoms with Crippen LogP contribution in [0.2, 0.25) is 5.02 Å². The van der Waals surface area contributed by atoms with Gasteiger partial charge < -0.3 is 9.84 Å². The Morgan fingerprint density at radius 2 is 2.36 bits per heavy atom. The van der Waals surface area contributed by atoms with Crippen molar-refractivity contribution in [2.24, 2.45) is 4.99 Å². The molecule has 0 saturated heterocycles. The van der Waals surface area contributed by atoms with E-state index in [-0.39, 0.29) is 11.9 Å². The van der Waals surface area contributed by atoms with Crippen molar-refractivity contribution >= 4 is 17.5 Å². The lowest BCUT2D eigenvalue weighted by Crippen LogP contribution is -2.08. The van der Waals surface area contributed by atoms with Gasteiger partial charge in [-0.2, -0.15) is 0 Å². The molecule has 0 aliphatic carbocycles. The van der Waals surface area contributed by atoms with Crippen molar-refractivity contribution in [1.82, 2.24) is 0 Å². The number of aromatic hydroxyl groups is 1. The Morgan fingerprint density at radius 3 is 3.00 bits per heavy atom. The van der Waals surface area contributed by atoms with E-state index in [0.717, 1.165) is 0 Å². The van der Waals surface area contributed by atoms with E-state index in [4.69, 9.17) is 16.3 Å². The number of hydrogen-bond donors (Lipinski definition) is 1. The molecule has 1 aliphatic heterocycles. The molecular weight excluding hydrogens is 202 g/mol. The van der Waals surface area contributed by atoms with E-state index >= 15 is 0 Å². The predicted octanol–water partition coefficient (Wildman–Crippen LogP) is 2.21. The number of nitrogens with zero attached hydrogens (tertiary/aromatic N) is 1. The molecule has 0 bridgehead atoms. The molecule has 1 atom stereocenters. The summed E-state index contributed by atoms with van der Waals surface area (Å²) < 4.78 is 5.41. The third-order valence-corrected chi connectivity index (χ3v) is 2.23. The fourth-order valence-corrected chi connectivity index (χ4v) is 1.48. The molecule has 74 valence electrons. The van der Waals surface area contributed by atoms with Crippen LogP contribution in [0, 0.1) is 0 Å². The topological polar surface area (TPSA) is 41.8 Å². The molecule has 1 aromatic rings. The summed E-state index contributed by atoms with van der Waals surface area (Å²) >= 11 is 5.81. The largest absolute Gasteiger partial charge is 0.507 e. The van der Waals surface area contributed by atoms with Crippen LogP contribution in [0.25, 0.3) is 0 Å². The standard InChI is InChI=1S/C10H10ClNO2/c1-6-5-12-10(14-6)8-4-7(11)2-3-9(8)13/h2-4,6,13H,5H2,1H3. The third-order valence-electron chi connectivity index (χ3n) is 1.99. The number of rotatable bonds is 1. The van der Waals surface area contributed by atoms with E-state index in [2.05, 4.69) is 4.99 Å². The SMILES string of the molecule is CC1CN=C(c2cc(Cl)ccc2O)O1. The Labute approximate surface area is 87.0 Å². The number of benzene rings is 1. The molecule has 0 fully saturated rings. The van der Waals surface area contributed by atoms with Gasteiger partial charge in [0, 0.05) is 5.02 Å². The number of phenolic OH excluding ortho intramolecular Hbond substituents is 1. The molecule has 1 aromatic carbocycles. The van der Waals surface area contributed by atoms with Crippen molar-refractivity contribution in [3.05, 3.63) is 28.8 Å². The summed E-state index contributed by atoms with van der Waals surface area (Å²) in [5, 5.41) is 10.1. The Kier molecular flexibility index (Phi) is 2.33. The van der Waals surface area contributed by atoms with Crippen LogP contribution in [-0.4, -0.2) is 23.7 Å². The summed E-state index contributed by atoms with van der Waals surface area (Å²) in [6.07, 6.45) is 0.0726. The fourth-order valence-electron chi connectivity index (χ4n) is 1.30. The van der Waals surface area contributed by atoms with Gasteiger partial charge >= 0.3 is 0 Å². The Hall–Kier alpha value is -1.22. The second kappa shape index (κ2) is 3.50. The van der Waals surface area contributed by atoms with Crippen molar-refractivity contribution in [2.45, 2.75) is 13.0 Å². The van der Waals surface area contributed by atoms with Gasteiger partial charge in [0.05, 0.1) is 12.1 Å². The number of halogens is 1. The molecule has 0 amide bonds. The summed E-state index contributed by atoms with van der Waals surface area (Å²) in [5.41, 5.74) is 0.557. The van der Waals surface area contributed by atoms with Crippen LogP contribution in [0.5, 0.6) is 5.75 Å². The van der Waals surface area contributed by atoms with E-state index < -0.39 is 0 Å². The smallest absolute Gasteiger partial charge is 0.220 e. The highest BCUT2D eigenvalue weighted by Gasteiger charge is 2.19. The van der Waals surface area contributed by atoms with Crippen molar-refractivity contribution < 1.29 is 9.84 Å². The Morgan fingerprint density at radius 1 is 1.57 bits per heavy atom. The van der Waals surface area contributed by atoms with Gasteiger partial charge in [-0.05, 0) is 25.1 Å². The molecule has 0 saturated carbocycles. The molecule has 1 N–H and O–H groups in total. The third kappa shape index (κ3) is 1.68. The second-order valence-corrected chi connectivity index (χ2v) is 3.67. The lowest BCUT2D eigenvalue weighted by molar-refractivity contribution is 0.246. The maximum Gasteiger partial charge on any atom is 0.220 e. The number of ether oxygens (including phenoxy) is 1. The molecule has 14 heavy (non-hydrogen) atoms. The van der Waals surface area contributed by atoms with Gasteiger partial charge in [-0.15, -0.1) is 0 Å². The fraction of sp³-hybridized carbons (Fsp3) is 0.300. The highest BCUT2D eigenvalue weighted by molar-refractivity contribution is 6.31. The zero-order valence-corrected chi connectivity index (χ0v) is 8.45.